The zero-order valence-corrected chi connectivity index (χ0v) is 9.30. The fourth-order valence-electron chi connectivity index (χ4n) is 1.53. The molecule has 15 heavy (non-hydrogen) atoms. The topological polar surface area (TPSA) is 37.8 Å². The van der Waals surface area contributed by atoms with Crippen LogP contribution in [-0.4, -0.2) is 9.78 Å². The minimum atomic E-state index is -0.0714. The lowest BCUT2D eigenvalue weighted by molar-refractivity contribution is 0.829. The van der Waals surface area contributed by atoms with E-state index in [1.807, 2.05) is 26.0 Å². The SMILES string of the molecule is Cc1cc(=O)n(-c2cccc(Cl)c2C)[nH]1. The maximum Gasteiger partial charge on any atom is 0.271 e. The van der Waals surface area contributed by atoms with Crippen LogP contribution in [0.2, 0.25) is 5.02 Å². The normalized spacial score (nSPS) is 10.6. The van der Waals surface area contributed by atoms with Crippen LogP contribution in [0.1, 0.15) is 11.3 Å². The molecule has 1 heterocycles. The number of aromatic amines is 1. The third-order valence-corrected chi connectivity index (χ3v) is 2.74. The second-order valence-electron chi connectivity index (χ2n) is 3.50. The van der Waals surface area contributed by atoms with Crippen molar-refractivity contribution in [3.8, 4) is 5.69 Å². The summed E-state index contributed by atoms with van der Waals surface area (Å²) in [5, 5.41) is 3.63. The minimum Gasteiger partial charge on any atom is -0.295 e. The molecule has 3 nitrogen and oxygen atoms in total. The highest BCUT2D eigenvalue weighted by atomic mass is 35.5. The van der Waals surface area contributed by atoms with Gasteiger partial charge in [0.2, 0.25) is 0 Å². The molecule has 0 aliphatic rings. The Hall–Kier alpha value is -1.48. The van der Waals surface area contributed by atoms with E-state index in [2.05, 4.69) is 5.10 Å². The van der Waals surface area contributed by atoms with Crippen LogP contribution in [0.4, 0.5) is 0 Å². The van der Waals surface area contributed by atoms with E-state index in [0.717, 1.165) is 16.9 Å². The van der Waals surface area contributed by atoms with Gasteiger partial charge in [0.05, 0.1) is 5.69 Å². The molecule has 0 amide bonds. The number of hydrogen-bond acceptors (Lipinski definition) is 1. The molecule has 4 heteroatoms. The highest BCUT2D eigenvalue weighted by Gasteiger charge is 2.07. The second-order valence-corrected chi connectivity index (χ2v) is 3.90. The first kappa shape index (κ1) is 10.1. The van der Waals surface area contributed by atoms with Crippen LogP contribution in [0.3, 0.4) is 0 Å². The first-order valence-corrected chi connectivity index (χ1v) is 5.01. The van der Waals surface area contributed by atoms with Gasteiger partial charge < -0.3 is 0 Å². The Balaban J connectivity index is 2.69. The summed E-state index contributed by atoms with van der Waals surface area (Å²) >= 11 is 5.99. The summed E-state index contributed by atoms with van der Waals surface area (Å²) in [7, 11) is 0. The van der Waals surface area contributed by atoms with Crippen molar-refractivity contribution in [2.24, 2.45) is 0 Å². The molecule has 2 rings (SSSR count). The summed E-state index contributed by atoms with van der Waals surface area (Å²) in [6.45, 7) is 3.73. The Kier molecular flexibility index (Phi) is 2.40. The molecule has 0 atom stereocenters. The van der Waals surface area contributed by atoms with Crippen LogP contribution in [0.15, 0.2) is 29.1 Å². The maximum atomic E-state index is 11.6. The molecule has 1 aromatic heterocycles. The number of aryl methyl sites for hydroxylation is 1. The molecule has 0 radical (unpaired) electrons. The maximum absolute atomic E-state index is 11.6. The van der Waals surface area contributed by atoms with E-state index in [1.165, 1.54) is 4.68 Å². The van der Waals surface area contributed by atoms with Crippen LogP contribution in [-0.2, 0) is 0 Å². The average Bonchev–Trinajstić information content (AvgIpc) is 2.50. The lowest BCUT2D eigenvalue weighted by atomic mass is 10.2. The van der Waals surface area contributed by atoms with E-state index in [4.69, 9.17) is 11.6 Å². The predicted molar refractivity (Wildman–Crippen MR) is 60.9 cm³/mol. The van der Waals surface area contributed by atoms with Gasteiger partial charge >= 0.3 is 0 Å². The van der Waals surface area contributed by atoms with E-state index < -0.39 is 0 Å². The number of aromatic nitrogens is 2. The summed E-state index contributed by atoms with van der Waals surface area (Å²) in [5.74, 6) is 0. The fraction of sp³-hybridized carbons (Fsp3) is 0.182. The van der Waals surface area contributed by atoms with Crippen molar-refractivity contribution in [3.63, 3.8) is 0 Å². The first-order valence-electron chi connectivity index (χ1n) is 4.64. The zero-order chi connectivity index (χ0) is 11.0. The predicted octanol–water partition coefficient (Wildman–Crippen LogP) is 2.44. The molecule has 0 aliphatic carbocycles. The van der Waals surface area contributed by atoms with Gasteiger partial charge in [0.15, 0.2) is 0 Å². The monoisotopic (exact) mass is 222 g/mol. The summed E-state index contributed by atoms with van der Waals surface area (Å²) in [6.07, 6.45) is 0. The number of benzene rings is 1. The summed E-state index contributed by atoms with van der Waals surface area (Å²) < 4.78 is 1.50. The lowest BCUT2D eigenvalue weighted by Gasteiger charge is -2.07. The third-order valence-electron chi connectivity index (χ3n) is 2.33. The van der Waals surface area contributed by atoms with Crippen molar-refractivity contribution in [2.45, 2.75) is 13.8 Å². The van der Waals surface area contributed by atoms with Crippen LogP contribution in [0.5, 0.6) is 0 Å². The van der Waals surface area contributed by atoms with Gasteiger partial charge in [-0.2, -0.15) is 0 Å². The minimum absolute atomic E-state index is 0.0714. The van der Waals surface area contributed by atoms with Crippen LogP contribution in [0.25, 0.3) is 5.69 Å². The summed E-state index contributed by atoms with van der Waals surface area (Å²) in [4.78, 5) is 11.6. The molecule has 1 aromatic carbocycles. The van der Waals surface area contributed by atoms with Gasteiger partial charge in [-0.15, -0.1) is 0 Å². The van der Waals surface area contributed by atoms with Gasteiger partial charge in [-0.3, -0.25) is 9.89 Å². The molecule has 0 bridgehead atoms. The van der Waals surface area contributed by atoms with Crippen molar-refractivity contribution < 1.29 is 0 Å². The number of hydrogen-bond donors (Lipinski definition) is 1. The molecule has 2 aromatic rings. The van der Waals surface area contributed by atoms with Gasteiger partial charge in [-0.05, 0) is 31.5 Å². The number of halogens is 1. The van der Waals surface area contributed by atoms with E-state index in [1.54, 1.807) is 12.1 Å². The van der Waals surface area contributed by atoms with E-state index >= 15 is 0 Å². The first-order chi connectivity index (χ1) is 7.09. The average molecular weight is 223 g/mol. The van der Waals surface area contributed by atoms with Crippen molar-refractivity contribution in [1.82, 2.24) is 9.78 Å². The van der Waals surface area contributed by atoms with Gasteiger partial charge in [-0.25, -0.2) is 4.68 Å². The van der Waals surface area contributed by atoms with E-state index in [9.17, 15) is 4.79 Å². The van der Waals surface area contributed by atoms with Crippen LogP contribution in [0, 0.1) is 13.8 Å². The molecule has 0 spiro atoms. The van der Waals surface area contributed by atoms with E-state index in [0.29, 0.717) is 5.02 Å². The zero-order valence-electron chi connectivity index (χ0n) is 8.54. The molecule has 0 saturated carbocycles. The third kappa shape index (κ3) is 1.70. The highest BCUT2D eigenvalue weighted by molar-refractivity contribution is 6.31. The molecular formula is C11H11ClN2O. The molecule has 78 valence electrons. The molecule has 0 fully saturated rings. The van der Waals surface area contributed by atoms with Gasteiger partial charge in [-0.1, -0.05) is 17.7 Å². The number of H-pyrrole nitrogens is 1. The standard InChI is InChI=1S/C11H11ClN2O/c1-7-6-11(15)14(13-7)10-5-3-4-9(12)8(10)2/h3-6,13H,1-2H3. The number of rotatable bonds is 1. The summed E-state index contributed by atoms with van der Waals surface area (Å²) in [6, 6.07) is 7.05. The fourth-order valence-corrected chi connectivity index (χ4v) is 1.70. The summed E-state index contributed by atoms with van der Waals surface area (Å²) in [5.41, 5.74) is 2.45. The molecule has 0 unspecified atom stereocenters. The Bertz CT molecular complexity index is 554. The Labute approximate surface area is 92.3 Å². The molecule has 0 aliphatic heterocycles. The van der Waals surface area contributed by atoms with Crippen molar-refractivity contribution in [2.75, 3.05) is 0 Å². The smallest absolute Gasteiger partial charge is 0.271 e. The van der Waals surface area contributed by atoms with Crippen LogP contribution >= 0.6 is 11.6 Å². The van der Waals surface area contributed by atoms with Gasteiger partial charge in [0, 0.05) is 16.8 Å². The highest BCUT2D eigenvalue weighted by Crippen LogP contribution is 2.20. The molecular weight excluding hydrogens is 212 g/mol. The number of nitrogens with one attached hydrogen (secondary N) is 1. The Morgan fingerprint density at radius 2 is 2.07 bits per heavy atom. The van der Waals surface area contributed by atoms with Crippen LogP contribution < -0.4 is 5.56 Å². The van der Waals surface area contributed by atoms with Gasteiger partial charge in [0.25, 0.3) is 5.56 Å². The second kappa shape index (κ2) is 3.59. The quantitative estimate of drug-likeness (QED) is 0.791. The Morgan fingerprint density at radius 3 is 2.67 bits per heavy atom. The van der Waals surface area contributed by atoms with Crippen molar-refractivity contribution in [3.05, 3.63) is 50.9 Å². The van der Waals surface area contributed by atoms with Crippen molar-refractivity contribution >= 4 is 11.6 Å². The molecule has 1 N–H and O–H groups in total. The largest absolute Gasteiger partial charge is 0.295 e. The lowest BCUT2D eigenvalue weighted by Crippen LogP contribution is -2.14. The van der Waals surface area contributed by atoms with Crippen molar-refractivity contribution in [1.29, 1.82) is 0 Å². The van der Waals surface area contributed by atoms with Gasteiger partial charge in [0.1, 0.15) is 0 Å². The molecule has 0 saturated heterocycles. The van der Waals surface area contributed by atoms with E-state index in [-0.39, 0.29) is 5.56 Å². The number of nitrogens with zero attached hydrogens (tertiary/aromatic N) is 1. The Morgan fingerprint density at radius 1 is 1.33 bits per heavy atom.